The molecule has 18 rings (SSSR count). The van der Waals surface area contributed by atoms with Crippen LogP contribution in [0.4, 0.5) is 0 Å². The number of benzene rings is 12. The molecule has 6 aliphatic carbocycles. The maximum atomic E-state index is 13.1. The lowest BCUT2D eigenvalue weighted by Crippen LogP contribution is -3.00. The van der Waals surface area contributed by atoms with E-state index in [0.717, 1.165) is 336 Å². The number of nitrogens with zero attached hydrogens (tertiary/aromatic N) is 2. The molecule has 0 amide bonds. The van der Waals surface area contributed by atoms with E-state index in [0.29, 0.717) is 76.5 Å². The van der Waals surface area contributed by atoms with Gasteiger partial charge in [-0.25, -0.2) is 0 Å². The predicted molar refractivity (Wildman–Crippen MR) is 588 cm³/mol. The van der Waals surface area contributed by atoms with Crippen molar-refractivity contribution < 1.29 is 45.7 Å². The number of quaternary nitrogens is 1. The molecule has 24 N–H and O–H groups in total. The van der Waals surface area contributed by atoms with Crippen LogP contribution in [-0.4, -0.2) is 227 Å². The molecule has 12 aromatic carbocycles. The maximum Gasteiger partial charge on any atom is 0.195 e. The van der Waals surface area contributed by atoms with E-state index in [1.165, 1.54) is 16.7 Å². The van der Waals surface area contributed by atoms with Gasteiger partial charge in [-0.15, -0.1) is 0 Å². The van der Waals surface area contributed by atoms with E-state index >= 15 is 0 Å². The van der Waals surface area contributed by atoms with Crippen molar-refractivity contribution in [2.24, 2.45) is 51.6 Å². The Morgan fingerprint density at radius 2 is 0.437 bits per heavy atom. The number of hydrogen-bond acceptors (Lipinski definition) is 22. The summed E-state index contributed by atoms with van der Waals surface area (Å²) in [6.45, 7) is 21.8. The molecular formula is C118H146ClN17O6. The zero-order valence-electron chi connectivity index (χ0n) is 82.5. The molecule has 12 aromatic rings. The number of hydrogen-bond donors (Lipinski definition) is 15. The summed E-state index contributed by atoms with van der Waals surface area (Å²) in [5.74, 6) is 0.995. The average Bonchev–Trinajstić information content (AvgIpc) is 0.756. The van der Waals surface area contributed by atoms with Crippen molar-refractivity contribution in [2.75, 3.05) is 183 Å². The fourth-order valence-corrected chi connectivity index (χ4v) is 20.0. The van der Waals surface area contributed by atoms with Gasteiger partial charge in [-0.3, -0.25) is 33.7 Å². The van der Waals surface area contributed by atoms with Gasteiger partial charge in [-0.2, -0.15) is 0 Å². The van der Waals surface area contributed by atoms with Crippen molar-refractivity contribution in [3.8, 4) is 0 Å². The Morgan fingerprint density at radius 1 is 0.218 bits per heavy atom. The molecule has 0 atom stereocenters. The lowest BCUT2D eigenvalue weighted by molar-refractivity contribution is -0.919. The zero-order valence-corrected chi connectivity index (χ0v) is 83.2. The number of carbonyl (C=O) groups excluding carboxylic acids is 6. The van der Waals surface area contributed by atoms with Gasteiger partial charge in [0.25, 0.3) is 0 Å². The molecule has 746 valence electrons. The van der Waals surface area contributed by atoms with Crippen LogP contribution in [0.5, 0.6) is 0 Å². The molecule has 6 aliphatic rings. The number of Topliss-reactive ketones (excluding diaryl/α,β-unsaturated/α-hetero) is 6. The summed E-state index contributed by atoms with van der Waals surface area (Å²) in [4.78, 5) is 78.8. The van der Waals surface area contributed by atoms with Crippen molar-refractivity contribution in [2.45, 2.75) is 77.0 Å². The summed E-state index contributed by atoms with van der Waals surface area (Å²) >= 11 is 0. The summed E-state index contributed by atoms with van der Waals surface area (Å²) in [6, 6.07) is 73.0. The summed E-state index contributed by atoms with van der Waals surface area (Å²) in [6.07, 6.45) is 23.9. The standard InChI is InChI=1S/C23H32N4O.C21H27N3O.C20H27N4O.C19H22N2O.C18H21N3O.C17H17NO.ClH/c24-10-12-26-14-16-27-15-13-25-11-2-1-5-20-17-19-8-3-6-18-7-4-9-21(22(18)19)23(20)28;22-10-12-24-14-13-23-11-2-1-5-18-15-17-8-3-6-16-7-4-9-19(20(16)17)21(18)25;21-7-10-24(11-8-22,12-9-23)14-17-13-16-5-1-3-15-4-2-6-18(19(15)16)20(17)25;20-10-12-21-11-2-1-5-16-13-15-8-3-6-14-7-4-9-17(18(14)15)19(16)22;19-7-9-21(10-8-20)12-15-11-14-5-1-3-13-4-2-6-16(17(13)14)18(15)22;18-10-2-1-5-14-11-13-8-3-6-12-7-4-9-15(16(12)13)17(14)19;/h3-4,6-9,17,25-27H,1-2,5,10-16,24H2;3-4,6-9,15,23-24H,1-2,5,10-14,22H2;1-6,13H,7-12,14,21-23H2;3-4,6-9,13,21H,1-2,5,10-12,20H2;1-6,11H,7-10,12,19-20H2;3-4,6-9,11H,1-2,5,10,18H2;1H/q;;+1;;;;/p-1. The second-order valence-electron chi connectivity index (χ2n) is 36.9. The van der Waals surface area contributed by atoms with Crippen LogP contribution in [0.1, 0.15) is 173 Å². The lowest BCUT2D eigenvalue weighted by Gasteiger charge is -2.39. The SMILES string of the molecule is NCCCCC1=Cc2cccc3cccc(c23)C1=O.NCCN(CCN)CC1=Cc2cccc3cccc(c23)C1=O.NCCNCCCCC1=Cc2cccc3cccc(c23)C1=O.NCCNCCNCCCCC1=Cc2cccc3cccc(c23)C1=O.NCCNCCNCCNCCCCC1=Cc2cccc3cccc(c23)C1=O.NCC[N+](CCN)(CCN)CC1=Cc2cccc3cccc(c23)C1=O.[Cl-]. The fraction of sp³-hybridized carbons (Fsp3) is 0.339. The van der Waals surface area contributed by atoms with E-state index < -0.39 is 0 Å². The summed E-state index contributed by atoms with van der Waals surface area (Å²) in [5.41, 5.74) is 67.9. The highest BCUT2D eigenvalue weighted by molar-refractivity contribution is 6.27. The number of nitrogens with one attached hydrogen (secondary N) is 6. The van der Waals surface area contributed by atoms with Gasteiger partial charge in [-0.05, 0) is 205 Å². The molecule has 0 bridgehead atoms. The number of unbranched alkanes of at least 4 members (excludes halogenated alkanes) is 4. The number of nitrogens with two attached hydrogens (primary N) is 9. The van der Waals surface area contributed by atoms with Crippen LogP contribution in [-0.2, 0) is 0 Å². The highest BCUT2D eigenvalue weighted by atomic mass is 35.5. The third kappa shape index (κ3) is 28.7. The van der Waals surface area contributed by atoms with Crippen LogP contribution in [0.25, 0.3) is 101 Å². The highest BCUT2D eigenvalue weighted by Gasteiger charge is 2.34. The Balaban J connectivity index is 0.000000152. The minimum atomic E-state index is 0. The van der Waals surface area contributed by atoms with Crippen LogP contribution in [0.3, 0.4) is 0 Å². The first kappa shape index (κ1) is 109. The summed E-state index contributed by atoms with van der Waals surface area (Å²) < 4.78 is 0.666. The van der Waals surface area contributed by atoms with E-state index in [9.17, 15) is 28.8 Å². The first-order valence-corrected chi connectivity index (χ1v) is 50.9. The quantitative estimate of drug-likeness (QED) is 0.0124. The van der Waals surface area contributed by atoms with Gasteiger partial charge < -0.3 is 100 Å². The first-order chi connectivity index (χ1) is 69.1. The third-order valence-electron chi connectivity index (χ3n) is 26.9. The van der Waals surface area contributed by atoms with Crippen molar-refractivity contribution in [1.82, 2.24) is 36.8 Å². The van der Waals surface area contributed by atoms with Crippen molar-refractivity contribution >= 4 is 136 Å². The molecule has 142 heavy (non-hydrogen) atoms. The normalized spacial score (nSPS) is 13.5. The van der Waals surface area contributed by atoms with Crippen molar-refractivity contribution in [3.05, 3.63) is 319 Å². The molecule has 0 fully saturated rings. The van der Waals surface area contributed by atoms with E-state index in [4.69, 9.17) is 51.6 Å². The van der Waals surface area contributed by atoms with Gasteiger partial charge in [0.1, 0.15) is 6.54 Å². The number of carbonyl (C=O) groups is 6. The Labute approximate surface area is 843 Å². The van der Waals surface area contributed by atoms with Gasteiger partial charge >= 0.3 is 0 Å². The molecule has 0 aliphatic heterocycles. The van der Waals surface area contributed by atoms with E-state index in [2.05, 4.69) is 158 Å². The van der Waals surface area contributed by atoms with Crippen molar-refractivity contribution in [1.29, 1.82) is 0 Å². The van der Waals surface area contributed by atoms with Crippen LogP contribution in [0, 0.1) is 0 Å². The molecule has 0 radical (unpaired) electrons. The molecule has 0 saturated carbocycles. The predicted octanol–water partition coefficient (Wildman–Crippen LogP) is 11.5. The Hall–Kier alpha value is -11.7. The van der Waals surface area contributed by atoms with Gasteiger partial charge in [0.15, 0.2) is 34.7 Å². The molecule has 0 saturated heterocycles. The van der Waals surface area contributed by atoms with Crippen molar-refractivity contribution in [3.63, 3.8) is 0 Å². The Bertz CT molecular complexity index is 6480. The second kappa shape index (κ2) is 56.9. The largest absolute Gasteiger partial charge is 1.00 e. The van der Waals surface area contributed by atoms with Gasteiger partial charge in [-0.1, -0.05) is 218 Å². The third-order valence-corrected chi connectivity index (χ3v) is 26.9. The zero-order chi connectivity index (χ0) is 99.1. The molecule has 0 heterocycles. The van der Waals surface area contributed by atoms with Gasteiger partial charge in [0.05, 0.1) is 25.2 Å². The smallest absolute Gasteiger partial charge is 0.195 e. The number of allylic oxidation sites excluding steroid dienone is 4. The Kier molecular flexibility index (Phi) is 43.7. The van der Waals surface area contributed by atoms with Crippen LogP contribution in [0.2, 0.25) is 0 Å². The molecule has 24 heteroatoms. The fourth-order valence-electron chi connectivity index (χ4n) is 20.0. The topological polar surface area (TPSA) is 412 Å². The molecule has 0 spiro atoms. The Morgan fingerprint density at radius 3 is 0.690 bits per heavy atom. The minimum absolute atomic E-state index is 0. The number of halogens is 1. The summed E-state index contributed by atoms with van der Waals surface area (Å²) in [5, 5.41) is 33.4. The maximum absolute atomic E-state index is 13.1. The number of rotatable bonds is 48. The van der Waals surface area contributed by atoms with E-state index in [1.807, 2.05) is 133 Å². The highest BCUT2D eigenvalue weighted by Crippen LogP contribution is 2.40. The number of ketones is 6. The average molecular weight is 1930 g/mol. The molecule has 0 aromatic heterocycles. The second-order valence-corrected chi connectivity index (χ2v) is 36.9. The van der Waals surface area contributed by atoms with Crippen LogP contribution >= 0.6 is 0 Å². The van der Waals surface area contributed by atoms with Gasteiger partial charge in [0.2, 0.25) is 0 Å². The van der Waals surface area contributed by atoms with Gasteiger partial charge in [0, 0.05) is 224 Å². The lowest BCUT2D eigenvalue weighted by atomic mass is 9.86. The van der Waals surface area contributed by atoms with E-state index in [1.54, 1.807) is 0 Å². The van der Waals surface area contributed by atoms with E-state index in [-0.39, 0.29) is 47.1 Å². The van der Waals surface area contributed by atoms with Crippen LogP contribution < -0.4 is 95.9 Å². The minimum Gasteiger partial charge on any atom is -1.00 e. The molecule has 0 unspecified atom stereocenters. The van der Waals surface area contributed by atoms with Crippen LogP contribution in [0.15, 0.2) is 252 Å². The monoisotopic (exact) mass is 1930 g/mol. The first-order valence-electron chi connectivity index (χ1n) is 50.9. The summed E-state index contributed by atoms with van der Waals surface area (Å²) in [7, 11) is 0. The molecular weight excluding hydrogens is 1790 g/mol. The molecule has 23 nitrogen and oxygen atoms in total.